The molecule has 0 aliphatic rings. The number of pyridine rings is 2. The Bertz CT molecular complexity index is 544. The van der Waals surface area contributed by atoms with E-state index in [1.807, 2.05) is 24.3 Å². The Morgan fingerprint density at radius 2 is 2.16 bits per heavy atom. The highest BCUT2D eigenvalue weighted by Gasteiger charge is 2.01. The number of aromatic nitrogens is 2. The number of hydrogen-bond acceptors (Lipinski definition) is 5. The monoisotopic (exact) mass is 277 g/mol. The van der Waals surface area contributed by atoms with E-state index in [2.05, 4.69) is 15.1 Å². The Balaban J connectivity index is 1.92. The molecule has 98 valence electrons. The van der Waals surface area contributed by atoms with Crippen LogP contribution in [0.1, 0.15) is 11.3 Å². The Morgan fingerprint density at radius 3 is 2.79 bits per heavy atom. The van der Waals surface area contributed by atoms with Crippen molar-refractivity contribution in [1.29, 1.82) is 0 Å². The van der Waals surface area contributed by atoms with Crippen LogP contribution in [-0.4, -0.2) is 20.3 Å². The molecule has 0 amide bonds. The van der Waals surface area contributed by atoms with Crippen LogP contribution >= 0.6 is 11.6 Å². The van der Waals surface area contributed by atoms with Gasteiger partial charge in [0, 0.05) is 24.9 Å². The third kappa shape index (κ3) is 4.22. The lowest BCUT2D eigenvalue weighted by atomic mass is 10.2. The van der Waals surface area contributed by atoms with Gasteiger partial charge < -0.3 is 9.94 Å². The second-order valence-electron chi connectivity index (χ2n) is 3.77. The molecule has 6 heteroatoms. The Kier molecular flexibility index (Phi) is 4.69. The summed E-state index contributed by atoms with van der Waals surface area (Å²) in [6.45, 7) is 0.346. The highest BCUT2D eigenvalue weighted by Crippen LogP contribution is 2.08. The van der Waals surface area contributed by atoms with Crippen LogP contribution in [0.4, 0.5) is 0 Å². The van der Waals surface area contributed by atoms with Crippen molar-refractivity contribution in [3.63, 3.8) is 0 Å². The lowest BCUT2D eigenvalue weighted by molar-refractivity contribution is 0.289. The zero-order chi connectivity index (χ0) is 13.5. The first-order valence-electron chi connectivity index (χ1n) is 5.62. The first-order valence-corrected chi connectivity index (χ1v) is 6.00. The molecule has 0 bridgehead atoms. The summed E-state index contributed by atoms with van der Waals surface area (Å²) < 4.78 is 5.47. The fourth-order valence-corrected chi connectivity index (χ4v) is 1.58. The molecule has 0 fully saturated rings. The summed E-state index contributed by atoms with van der Waals surface area (Å²) in [5.74, 6) is 0.559. The molecule has 2 heterocycles. The number of oxime groups is 1. The number of rotatable bonds is 5. The molecule has 1 N–H and O–H groups in total. The molecular formula is C13H12ClN3O2. The molecule has 0 saturated carbocycles. The SMILES string of the molecule is ON=C(Cl)Cc1ccc(COc2ccccn2)nc1. The van der Waals surface area contributed by atoms with Gasteiger partial charge >= 0.3 is 0 Å². The molecule has 2 aromatic rings. The third-order valence-electron chi connectivity index (χ3n) is 2.35. The van der Waals surface area contributed by atoms with E-state index in [4.69, 9.17) is 21.5 Å². The predicted molar refractivity (Wildman–Crippen MR) is 71.6 cm³/mol. The average Bonchev–Trinajstić information content (AvgIpc) is 2.47. The fourth-order valence-electron chi connectivity index (χ4n) is 1.43. The zero-order valence-corrected chi connectivity index (χ0v) is 10.8. The zero-order valence-electron chi connectivity index (χ0n) is 10.0. The molecule has 0 saturated heterocycles. The summed E-state index contributed by atoms with van der Waals surface area (Å²) >= 11 is 5.62. The van der Waals surface area contributed by atoms with Gasteiger partial charge in [0.05, 0.1) is 5.69 Å². The van der Waals surface area contributed by atoms with Gasteiger partial charge in [-0.25, -0.2) is 4.98 Å². The van der Waals surface area contributed by atoms with Crippen molar-refractivity contribution in [2.75, 3.05) is 0 Å². The molecule has 5 nitrogen and oxygen atoms in total. The lowest BCUT2D eigenvalue weighted by Crippen LogP contribution is -2.01. The maximum Gasteiger partial charge on any atom is 0.213 e. The maximum absolute atomic E-state index is 8.47. The van der Waals surface area contributed by atoms with Gasteiger partial charge in [-0.3, -0.25) is 4.98 Å². The van der Waals surface area contributed by atoms with Crippen LogP contribution in [0, 0.1) is 0 Å². The van der Waals surface area contributed by atoms with Crippen LogP contribution in [0.2, 0.25) is 0 Å². The molecule has 2 aromatic heterocycles. The Morgan fingerprint density at radius 1 is 1.26 bits per heavy atom. The topological polar surface area (TPSA) is 67.6 Å². The molecule has 0 unspecified atom stereocenters. The van der Waals surface area contributed by atoms with Crippen LogP contribution < -0.4 is 4.74 Å². The summed E-state index contributed by atoms with van der Waals surface area (Å²) in [7, 11) is 0. The first-order chi connectivity index (χ1) is 9.28. The highest BCUT2D eigenvalue weighted by atomic mass is 35.5. The molecule has 0 aromatic carbocycles. The summed E-state index contributed by atoms with van der Waals surface area (Å²) in [6, 6.07) is 9.16. The smallest absolute Gasteiger partial charge is 0.213 e. The van der Waals surface area contributed by atoms with E-state index in [0.717, 1.165) is 11.3 Å². The fraction of sp³-hybridized carbons (Fsp3) is 0.154. The molecular weight excluding hydrogens is 266 g/mol. The van der Waals surface area contributed by atoms with Crippen LogP contribution in [0.3, 0.4) is 0 Å². The van der Waals surface area contributed by atoms with Gasteiger partial charge in [0.2, 0.25) is 5.88 Å². The molecule has 0 radical (unpaired) electrons. The standard InChI is InChI=1S/C13H12ClN3O2/c14-12(17-18)7-10-4-5-11(16-8-10)9-19-13-3-1-2-6-15-13/h1-6,8,18H,7,9H2. The molecule has 19 heavy (non-hydrogen) atoms. The normalized spacial score (nSPS) is 11.3. The van der Waals surface area contributed by atoms with Crippen molar-refractivity contribution in [2.24, 2.45) is 5.16 Å². The number of nitrogens with zero attached hydrogens (tertiary/aromatic N) is 3. The van der Waals surface area contributed by atoms with Gasteiger partial charge in [0.25, 0.3) is 0 Å². The van der Waals surface area contributed by atoms with Gasteiger partial charge in [0.1, 0.15) is 11.8 Å². The maximum atomic E-state index is 8.47. The van der Waals surface area contributed by atoms with Gasteiger partial charge in [-0.1, -0.05) is 28.9 Å². The minimum Gasteiger partial charge on any atom is -0.471 e. The van der Waals surface area contributed by atoms with Crippen LogP contribution in [0.5, 0.6) is 5.88 Å². The Hall–Kier alpha value is -2.14. The Labute approximate surface area is 115 Å². The van der Waals surface area contributed by atoms with E-state index in [0.29, 0.717) is 18.9 Å². The van der Waals surface area contributed by atoms with E-state index in [9.17, 15) is 0 Å². The van der Waals surface area contributed by atoms with Crippen LogP contribution in [-0.2, 0) is 13.0 Å². The molecule has 0 aliphatic heterocycles. The first kappa shape index (κ1) is 13.3. The van der Waals surface area contributed by atoms with Crippen LogP contribution in [0.25, 0.3) is 0 Å². The number of ether oxygens (including phenoxy) is 1. The van der Waals surface area contributed by atoms with Crippen molar-refractivity contribution in [1.82, 2.24) is 9.97 Å². The van der Waals surface area contributed by atoms with Gasteiger partial charge in [-0.2, -0.15) is 0 Å². The predicted octanol–water partition coefficient (Wildman–Crippen LogP) is 2.62. The minimum atomic E-state index is 0.124. The van der Waals surface area contributed by atoms with Crippen molar-refractivity contribution in [2.45, 2.75) is 13.0 Å². The lowest BCUT2D eigenvalue weighted by Gasteiger charge is -2.05. The van der Waals surface area contributed by atoms with Crippen molar-refractivity contribution < 1.29 is 9.94 Å². The molecule has 0 spiro atoms. The van der Waals surface area contributed by atoms with Crippen molar-refractivity contribution >= 4 is 16.8 Å². The molecule has 2 rings (SSSR count). The van der Waals surface area contributed by atoms with E-state index >= 15 is 0 Å². The van der Waals surface area contributed by atoms with E-state index in [1.165, 1.54) is 0 Å². The number of halogens is 1. The highest BCUT2D eigenvalue weighted by molar-refractivity contribution is 6.65. The summed E-state index contributed by atoms with van der Waals surface area (Å²) in [4.78, 5) is 8.28. The van der Waals surface area contributed by atoms with E-state index in [1.54, 1.807) is 18.5 Å². The van der Waals surface area contributed by atoms with E-state index in [-0.39, 0.29) is 5.17 Å². The van der Waals surface area contributed by atoms with Crippen LogP contribution in [0.15, 0.2) is 47.9 Å². The summed E-state index contributed by atoms with van der Waals surface area (Å²) in [5.41, 5.74) is 1.65. The van der Waals surface area contributed by atoms with Gasteiger partial charge in [0.15, 0.2) is 0 Å². The van der Waals surface area contributed by atoms with Gasteiger partial charge in [-0.15, -0.1) is 0 Å². The minimum absolute atomic E-state index is 0.124. The van der Waals surface area contributed by atoms with Crippen molar-refractivity contribution in [3.8, 4) is 5.88 Å². The largest absolute Gasteiger partial charge is 0.471 e. The van der Waals surface area contributed by atoms with Gasteiger partial charge in [-0.05, 0) is 17.7 Å². The quantitative estimate of drug-likeness (QED) is 0.518. The molecule has 0 atom stereocenters. The molecule has 0 aliphatic carbocycles. The second-order valence-corrected chi connectivity index (χ2v) is 4.20. The summed E-state index contributed by atoms with van der Waals surface area (Å²) in [5, 5.41) is 11.5. The third-order valence-corrected chi connectivity index (χ3v) is 2.56. The number of hydrogen-bond donors (Lipinski definition) is 1. The summed E-state index contributed by atoms with van der Waals surface area (Å²) in [6.07, 6.45) is 3.69. The average molecular weight is 278 g/mol. The van der Waals surface area contributed by atoms with E-state index < -0.39 is 0 Å². The second kappa shape index (κ2) is 6.70. The van der Waals surface area contributed by atoms with Crippen molar-refractivity contribution in [3.05, 3.63) is 54.0 Å².